The summed E-state index contributed by atoms with van der Waals surface area (Å²) >= 11 is 0. The number of anilines is 1. The fraction of sp³-hybridized carbons (Fsp3) is 0.143. The smallest absolute Gasteiger partial charge is 0.124 e. The van der Waals surface area contributed by atoms with Crippen LogP contribution >= 0.6 is 0 Å². The number of aromatic hydroxyl groups is 1. The van der Waals surface area contributed by atoms with Crippen molar-refractivity contribution in [2.45, 2.75) is 13.5 Å². The first-order chi connectivity index (χ1) is 8.16. The van der Waals surface area contributed by atoms with Gasteiger partial charge in [-0.1, -0.05) is 18.2 Å². The minimum absolute atomic E-state index is 0.246. The minimum atomic E-state index is 0.246. The number of ether oxygens (including phenoxy) is 1. The molecule has 0 aliphatic heterocycles. The average molecular weight is 229 g/mol. The van der Waals surface area contributed by atoms with E-state index in [9.17, 15) is 5.11 Å². The summed E-state index contributed by atoms with van der Waals surface area (Å²) in [6, 6.07) is 12.6. The van der Waals surface area contributed by atoms with Crippen molar-refractivity contribution in [3.63, 3.8) is 0 Å². The van der Waals surface area contributed by atoms with Gasteiger partial charge in [0, 0.05) is 11.3 Å². The van der Waals surface area contributed by atoms with E-state index in [1.807, 2.05) is 31.2 Å². The summed E-state index contributed by atoms with van der Waals surface area (Å²) in [4.78, 5) is 0. The third-order valence-electron chi connectivity index (χ3n) is 2.63. The van der Waals surface area contributed by atoms with Crippen LogP contribution in [0.4, 0.5) is 5.69 Å². The Kier molecular flexibility index (Phi) is 3.19. The third kappa shape index (κ3) is 2.69. The summed E-state index contributed by atoms with van der Waals surface area (Å²) in [5.41, 5.74) is 8.38. The van der Waals surface area contributed by atoms with Gasteiger partial charge in [-0.05, 0) is 36.8 Å². The maximum absolute atomic E-state index is 9.33. The molecule has 0 amide bonds. The van der Waals surface area contributed by atoms with Crippen molar-refractivity contribution in [3.05, 3.63) is 53.6 Å². The van der Waals surface area contributed by atoms with E-state index >= 15 is 0 Å². The van der Waals surface area contributed by atoms with Gasteiger partial charge in [-0.2, -0.15) is 0 Å². The van der Waals surface area contributed by atoms with Gasteiger partial charge in [0.05, 0.1) is 0 Å². The van der Waals surface area contributed by atoms with Crippen LogP contribution in [0.2, 0.25) is 0 Å². The number of phenolic OH excluding ortho intramolecular Hbond substituents is 1. The molecule has 0 aliphatic carbocycles. The minimum Gasteiger partial charge on any atom is -0.508 e. The molecule has 0 spiro atoms. The van der Waals surface area contributed by atoms with E-state index in [1.165, 1.54) is 0 Å². The highest BCUT2D eigenvalue weighted by Crippen LogP contribution is 2.24. The molecule has 0 unspecified atom stereocenters. The topological polar surface area (TPSA) is 55.5 Å². The van der Waals surface area contributed by atoms with Crippen LogP contribution in [0, 0.1) is 6.92 Å². The number of hydrogen-bond donors (Lipinski definition) is 2. The van der Waals surface area contributed by atoms with Crippen LogP contribution in [-0.4, -0.2) is 5.11 Å². The Morgan fingerprint density at radius 2 is 1.94 bits per heavy atom. The van der Waals surface area contributed by atoms with Crippen LogP contribution in [-0.2, 0) is 6.61 Å². The summed E-state index contributed by atoms with van der Waals surface area (Å²) in [6.45, 7) is 2.34. The van der Waals surface area contributed by atoms with E-state index < -0.39 is 0 Å². The quantitative estimate of drug-likeness (QED) is 0.796. The van der Waals surface area contributed by atoms with E-state index in [-0.39, 0.29) is 5.75 Å². The second-order valence-electron chi connectivity index (χ2n) is 3.93. The second kappa shape index (κ2) is 4.78. The zero-order chi connectivity index (χ0) is 12.3. The van der Waals surface area contributed by atoms with Crippen LogP contribution in [0.25, 0.3) is 0 Å². The first-order valence-electron chi connectivity index (χ1n) is 5.42. The molecule has 2 aromatic carbocycles. The first kappa shape index (κ1) is 11.3. The highest BCUT2D eigenvalue weighted by molar-refractivity contribution is 5.53. The number of nitrogens with two attached hydrogens (primary N) is 1. The molecule has 0 aromatic heterocycles. The Hall–Kier alpha value is -2.16. The Balaban J connectivity index is 2.10. The Labute approximate surface area is 100 Å². The van der Waals surface area contributed by atoms with E-state index in [2.05, 4.69) is 0 Å². The number of nitrogen functional groups attached to an aromatic ring is 1. The Bertz CT molecular complexity index is 523. The van der Waals surface area contributed by atoms with Crippen molar-refractivity contribution < 1.29 is 9.84 Å². The van der Waals surface area contributed by atoms with Gasteiger partial charge >= 0.3 is 0 Å². The van der Waals surface area contributed by atoms with Gasteiger partial charge in [-0.15, -0.1) is 0 Å². The molecule has 0 saturated carbocycles. The van der Waals surface area contributed by atoms with Gasteiger partial charge in [0.15, 0.2) is 0 Å². The standard InChI is InChI=1S/C14H15NO2/c1-10-13(15)6-3-7-14(10)17-9-11-4-2-5-12(16)8-11/h2-8,16H,9,15H2,1H3. The van der Waals surface area contributed by atoms with Crippen molar-refractivity contribution in [1.29, 1.82) is 0 Å². The monoisotopic (exact) mass is 229 g/mol. The summed E-state index contributed by atoms with van der Waals surface area (Å²) in [7, 11) is 0. The highest BCUT2D eigenvalue weighted by atomic mass is 16.5. The predicted octanol–water partition coefficient (Wildman–Crippen LogP) is 2.86. The normalized spacial score (nSPS) is 10.2. The summed E-state index contributed by atoms with van der Waals surface area (Å²) < 4.78 is 5.67. The van der Waals surface area contributed by atoms with E-state index in [4.69, 9.17) is 10.5 Å². The van der Waals surface area contributed by atoms with Gasteiger partial charge in [0.25, 0.3) is 0 Å². The maximum atomic E-state index is 9.33. The molecule has 2 rings (SSSR count). The largest absolute Gasteiger partial charge is 0.508 e. The SMILES string of the molecule is Cc1c(N)cccc1OCc1cccc(O)c1. The molecule has 0 bridgehead atoms. The molecule has 2 aromatic rings. The molecule has 17 heavy (non-hydrogen) atoms. The fourth-order valence-corrected chi connectivity index (χ4v) is 1.60. The van der Waals surface area contributed by atoms with Crippen molar-refractivity contribution in [3.8, 4) is 11.5 Å². The van der Waals surface area contributed by atoms with Crippen molar-refractivity contribution in [2.24, 2.45) is 0 Å². The van der Waals surface area contributed by atoms with Crippen LogP contribution in [0.15, 0.2) is 42.5 Å². The fourth-order valence-electron chi connectivity index (χ4n) is 1.60. The number of phenols is 1. The van der Waals surface area contributed by atoms with Crippen molar-refractivity contribution in [2.75, 3.05) is 5.73 Å². The summed E-state index contributed by atoms with van der Waals surface area (Å²) in [6.07, 6.45) is 0. The van der Waals surface area contributed by atoms with Crippen LogP contribution < -0.4 is 10.5 Å². The molecule has 0 saturated heterocycles. The first-order valence-corrected chi connectivity index (χ1v) is 5.42. The highest BCUT2D eigenvalue weighted by Gasteiger charge is 2.02. The van der Waals surface area contributed by atoms with E-state index in [1.54, 1.807) is 18.2 Å². The van der Waals surface area contributed by atoms with Gasteiger partial charge in [0.1, 0.15) is 18.1 Å². The molecule has 0 radical (unpaired) electrons. The molecular formula is C14H15NO2. The molecule has 0 atom stereocenters. The molecule has 0 fully saturated rings. The molecule has 3 nitrogen and oxygen atoms in total. The van der Waals surface area contributed by atoms with Gasteiger partial charge in [-0.25, -0.2) is 0 Å². The van der Waals surface area contributed by atoms with E-state index in [0.717, 1.165) is 22.6 Å². The molecule has 88 valence electrons. The second-order valence-corrected chi connectivity index (χ2v) is 3.93. The maximum Gasteiger partial charge on any atom is 0.124 e. The Morgan fingerprint density at radius 3 is 2.71 bits per heavy atom. The molecule has 0 aliphatic rings. The molecule has 0 heterocycles. The third-order valence-corrected chi connectivity index (χ3v) is 2.63. The van der Waals surface area contributed by atoms with Crippen LogP contribution in [0.3, 0.4) is 0 Å². The lowest BCUT2D eigenvalue weighted by Crippen LogP contribution is -1.98. The zero-order valence-electron chi connectivity index (χ0n) is 9.68. The Morgan fingerprint density at radius 1 is 1.18 bits per heavy atom. The molecule has 3 N–H and O–H groups in total. The van der Waals surface area contributed by atoms with Gasteiger partial charge < -0.3 is 15.6 Å². The average Bonchev–Trinajstić information content (AvgIpc) is 2.31. The number of benzene rings is 2. The summed E-state index contributed by atoms with van der Waals surface area (Å²) in [5, 5.41) is 9.33. The number of hydrogen-bond acceptors (Lipinski definition) is 3. The number of rotatable bonds is 3. The predicted molar refractivity (Wildman–Crippen MR) is 68.0 cm³/mol. The summed E-state index contributed by atoms with van der Waals surface area (Å²) in [5.74, 6) is 1.02. The van der Waals surface area contributed by atoms with Crippen LogP contribution in [0.5, 0.6) is 11.5 Å². The lowest BCUT2D eigenvalue weighted by atomic mass is 10.2. The van der Waals surface area contributed by atoms with Crippen molar-refractivity contribution >= 4 is 5.69 Å². The molecular weight excluding hydrogens is 214 g/mol. The zero-order valence-corrected chi connectivity index (χ0v) is 9.68. The van der Waals surface area contributed by atoms with Gasteiger partial charge in [0.2, 0.25) is 0 Å². The van der Waals surface area contributed by atoms with Crippen LogP contribution in [0.1, 0.15) is 11.1 Å². The van der Waals surface area contributed by atoms with E-state index in [0.29, 0.717) is 6.61 Å². The lowest BCUT2D eigenvalue weighted by molar-refractivity contribution is 0.303. The van der Waals surface area contributed by atoms with Crippen molar-refractivity contribution in [1.82, 2.24) is 0 Å². The lowest BCUT2D eigenvalue weighted by Gasteiger charge is -2.10. The molecule has 3 heteroatoms. The van der Waals surface area contributed by atoms with Gasteiger partial charge in [-0.3, -0.25) is 0 Å².